The summed E-state index contributed by atoms with van der Waals surface area (Å²) in [5, 5.41) is 7.83. The van der Waals surface area contributed by atoms with E-state index in [0.717, 1.165) is 44.4 Å². The minimum absolute atomic E-state index is 0.535. The lowest BCUT2D eigenvalue weighted by molar-refractivity contribution is 0.280. The van der Waals surface area contributed by atoms with Crippen LogP contribution in [0.25, 0.3) is 0 Å². The van der Waals surface area contributed by atoms with E-state index in [4.69, 9.17) is 23.2 Å². The Morgan fingerprint density at radius 2 is 1.96 bits per heavy atom. The van der Waals surface area contributed by atoms with Crippen LogP contribution in [0.1, 0.15) is 19.0 Å². The molecule has 0 saturated carbocycles. The number of nitrogens with zero attached hydrogens (tertiary/aromatic N) is 4. The van der Waals surface area contributed by atoms with Gasteiger partial charge >= 0.3 is 0 Å². The molecule has 0 aliphatic carbocycles. The van der Waals surface area contributed by atoms with E-state index in [9.17, 15) is 0 Å². The smallest absolute Gasteiger partial charge is 0.191 e. The number of hydrogen-bond acceptors (Lipinski definition) is 3. The summed E-state index contributed by atoms with van der Waals surface area (Å²) >= 11 is 12.2. The molecular formula is C17H30Cl2N6. The maximum atomic E-state index is 6.11. The quantitative estimate of drug-likeness (QED) is 0.578. The van der Waals surface area contributed by atoms with Gasteiger partial charge in [0.15, 0.2) is 5.96 Å². The van der Waals surface area contributed by atoms with Gasteiger partial charge < -0.3 is 25.0 Å². The van der Waals surface area contributed by atoms with Gasteiger partial charge in [-0.2, -0.15) is 0 Å². The molecule has 0 bridgehead atoms. The molecule has 0 aromatic carbocycles. The van der Waals surface area contributed by atoms with Crippen molar-refractivity contribution in [2.24, 2.45) is 12.0 Å². The van der Waals surface area contributed by atoms with E-state index in [1.807, 2.05) is 17.7 Å². The van der Waals surface area contributed by atoms with E-state index >= 15 is 0 Å². The van der Waals surface area contributed by atoms with Crippen LogP contribution < -0.4 is 10.6 Å². The second-order valence-corrected chi connectivity index (χ2v) is 7.22. The largest absolute Gasteiger partial charge is 0.357 e. The monoisotopic (exact) mass is 388 g/mol. The van der Waals surface area contributed by atoms with Gasteiger partial charge in [0.25, 0.3) is 0 Å². The fraction of sp³-hybridized carbons (Fsp3) is 0.706. The Kier molecular flexibility index (Phi) is 8.36. The fourth-order valence-corrected chi connectivity index (χ4v) is 3.31. The lowest BCUT2D eigenvalue weighted by Crippen LogP contribution is -2.42. The zero-order valence-electron chi connectivity index (χ0n) is 15.5. The number of guanidine groups is 1. The Bertz CT molecular complexity index is 572. The highest BCUT2D eigenvalue weighted by atomic mass is 35.5. The molecule has 6 nitrogen and oxygen atoms in total. The molecule has 0 unspecified atom stereocenters. The molecule has 142 valence electrons. The van der Waals surface area contributed by atoms with Crippen molar-refractivity contribution in [2.45, 2.75) is 19.9 Å². The minimum atomic E-state index is 0.535. The van der Waals surface area contributed by atoms with E-state index in [2.05, 4.69) is 39.4 Å². The van der Waals surface area contributed by atoms with E-state index in [-0.39, 0.29) is 0 Å². The first-order valence-corrected chi connectivity index (χ1v) is 9.69. The molecule has 0 atom stereocenters. The molecule has 2 N–H and O–H groups in total. The summed E-state index contributed by atoms with van der Waals surface area (Å²) in [7, 11) is 4.09. The minimum Gasteiger partial charge on any atom is -0.357 e. The van der Waals surface area contributed by atoms with E-state index in [1.165, 1.54) is 19.5 Å². The number of halogens is 2. The van der Waals surface area contributed by atoms with Gasteiger partial charge in [-0.05, 0) is 39.5 Å². The van der Waals surface area contributed by atoms with Crippen molar-refractivity contribution < 1.29 is 0 Å². The molecule has 1 saturated heterocycles. The van der Waals surface area contributed by atoms with Crippen LogP contribution in [-0.4, -0.2) is 73.2 Å². The van der Waals surface area contributed by atoms with Crippen molar-refractivity contribution in [1.29, 1.82) is 0 Å². The van der Waals surface area contributed by atoms with Crippen LogP contribution in [-0.2, 0) is 13.6 Å². The molecule has 1 aliphatic heterocycles. The maximum absolute atomic E-state index is 6.11. The van der Waals surface area contributed by atoms with Gasteiger partial charge in [0.05, 0.1) is 11.6 Å². The molecule has 2 heterocycles. The van der Waals surface area contributed by atoms with Crippen LogP contribution >= 0.6 is 23.2 Å². The Labute approximate surface area is 161 Å². The number of hydrogen-bond donors (Lipinski definition) is 2. The number of likely N-dealkylation sites (N-methyl/N-ethyl adjacent to an activating group) is 1. The van der Waals surface area contributed by atoms with E-state index < -0.39 is 0 Å². The summed E-state index contributed by atoms with van der Waals surface area (Å²) in [5.41, 5.74) is 0.989. The highest BCUT2D eigenvalue weighted by Crippen LogP contribution is 2.25. The van der Waals surface area contributed by atoms with Crippen molar-refractivity contribution >= 4 is 29.2 Å². The lowest BCUT2D eigenvalue weighted by atomic mass is 10.4. The zero-order chi connectivity index (χ0) is 18.2. The standard InChI is InChI=1S/C17H30Cl2N6/c1-4-20-17(22-13-14-12-15(18)16(19)24(14)3)21-6-9-25-8-5-7-23(2)10-11-25/h12H,4-11,13H2,1-3H3,(H2,20,21,22). The number of aliphatic imine (C=N–C) groups is 1. The summed E-state index contributed by atoms with van der Waals surface area (Å²) in [4.78, 5) is 9.55. The Morgan fingerprint density at radius 3 is 2.64 bits per heavy atom. The average Bonchev–Trinajstić information content (AvgIpc) is 2.75. The predicted octanol–water partition coefficient (Wildman–Crippen LogP) is 2.02. The zero-order valence-corrected chi connectivity index (χ0v) is 17.0. The van der Waals surface area contributed by atoms with Crippen LogP contribution in [0.2, 0.25) is 10.2 Å². The van der Waals surface area contributed by atoms with Crippen molar-refractivity contribution in [3.05, 3.63) is 21.9 Å². The topological polar surface area (TPSA) is 47.8 Å². The van der Waals surface area contributed by atoms with Gasteiger partial charge in [0.2, 0.25) is 0 Å². The average molecular weight is 389 g/mol. The van der Waals surface area contributed by atoms with Gasteiger partial charge in [-0.1, -0.05) is 23.2 Å². The molecule has 0 amide bonds. The molecule has 1 aromatic rings. The highest BCUT2D eigenvalue weighted by Gasteiger charge is 2.12. The molecule has 8 heteroatoms. The van der Waals surface area contributed by atoms with Crippen LogP contribution in [0.3, 0.4) is 0 Å². The van der Waals surface area contributed by atoms with Gasteiger partial charge in [-0.3, -0.25) is 0 Å². The second-order valence-electron chi connectivity index (χ2n) is 6.45. The van der Waals surface area contributed by atoms with Crippen molar-refractivity contribution in [1.82, 2.24) is 25.0 Å². The van der Waals surface area contributed by atoms with Crippen LogP contribution in [0.4, 0.5) is 0 Å². The number of nitrogens with one attached hydrogen (secondary N) is 2. The third-order valence-electron chi connectivity index (χ3n) is 4.49. The van der Waals surface area contributed by atoms with Crippen molar-refractivity contribution in [2.75, 3.05) is 52.9 Å². The van der Waals surface area contributed by atoms with Crippen molar-refractivity contribution in [3.63, 3.8) is 0 Å². The van der Waals surface area contributed by atoms with Gasteiger partial charge in [0, 0.05) is 45.5 Å². The highest BCUT2D eigenvalue weighted by molar-refractivity contribution is 6.41. The van der Waals surface area contributed by atoms with Crippen LogP contribution in [0.15, 0.2) is 11.1 Å². The molecule has 25 heavy (non-hydrogen) atoms. The van der Waals surface area contributed by atoms with Crippen LogP contribution in [0, 0.1) is 0 Å². The van der Waals surface area contributed by atoms with Gasteiger partial charge in [0.1, 0.15) is 5.15 Å². The Hall–Kier alpha value is -0.950. The summed E-state index contributed by atoms with van der Waals surface area (Å²) < 4.78 is 1.87. The first kappa shape index (κ1) is 20.4. The molecule has 1 aromatic heterocycles. The van der Waals surface area contributed by atoms with Crippen LogP contribution in [0.5, 0.6) is 0 Å². The maximum Gasteiger partial charge on any atom is 0.191 e. The van der Waals surface area contributed by atoms with Crippen molar-refractivity contribution in [3.8, 4) is 0 Å². The molecule has 0 radical (unpaired) electrons. The molecule has 1 fully saturated rings. The second kappa shape index (κ2) is 10.3. The molecular weight excluding hydrogens is 359 g/mol. The summed E-state index contributed by atoms with van der Waals surface area (Å²) in [6, 6.07) is 1.87. The SMILES string of the molecule is CCNC(=NCc1cc(Cl)c(Cl)n1C)NCCN1CCCN(C)CC1. The normalized spacial score (nSPS) is 17.6. The summed E-state index contributed by atoms with van der Waals surface area (Å²) in [6.45, 7) is 9.97. The summed E-state index contributed by atoms with van der Waals surface area (Å²) in [6.07, 6.45) is 1.24. The molecule has 0 spiro atoms. The van der Waals surface area contributed by atoms with E-state index in [0.29, 0.717) is 16.7 Å². The first-order valence-electron chi connectivity index (χ1n) is 8.94. The lowest BCUT2D eigenvalue weighted by Gasteiger charge is -2.21. The number of aromatic nitrogens is 1. The third-order valence-corrected chi connectivity index (χ3v) is 5.33. The van der Waals surface area contributed by atoms with E-state index in [1.54, 1.807) is 0 Å². The molecule has 2 rings (SSSR count). The Balaban J connectivity index is 1.84. The first-order chi connectivity index (χ1) is 12.0. The van der Waals surface area contributed by atoms with Gasteiger partial charge in [-0.15, -0.1) is 0 Å². The van der Waals surface area contributed by atoms with Gasteiger partial charge in [-0.25, -0.2) is 4.99 Å². The predicted molar refractivity (Wildman–Crippen MR) is 107 cm³/mol. The summed E-state index contributed by atoms with van der Waals surface area (Å²) in [5.74, 6) is 0.822. The Morgan fingerprint density at radius 1 is 1.16 bits per heavy atom. The molecule has 1 aliphatic rings. The number of rotatable bonds is 6. The fourth-order valence-electron chi connectivity index (χ4n) is 2.90. The third kappa shape index (κ3) is 6.37.